The molecule has 1 aliphatic heterocycles. The molecule has 0 aromatic heterocycles. The van der Waals surface area contributed by atoms with Gasteiger partial charge in [-0.2, -0.15) is 0 Å². The highest BCUT2D eigenvalue weighted by Crippen LogP contribution is 2.44. The zero-order valence-corrected chi connectivity index (χ0v) is 12.3. The fourth-order valence-electron chi connectivity index (χ4n) is 3.25. The zero-order valence-electron chi connectivity index (χ0n) is 12.3. The van der Waals surface area contributed by atoms with Gasteiger partial charge in [0.05, 0.1) is 0 Å². The lowest BCUT2D eigenvalue weighted by atomic mass is 9.93. The quantitative estimate of drug-likeness (QED) is 0.810. The van der Waals surface area contributed by atoms with Gasteiger partial charge in [-0.1, -0.05) is 27.7 Å². The molecule has 1 saturated carbocycles. The Kier molecular flexibility index (Phi) is 3.84. The van der Waals surface area contributed by atoms with Gasteiger partial charge in [0, 0.05) is 30.7 Å². The molecule has 0 spiro atoms. The van der Waals surface area contributed by atoms with Crippen LogP contribution in [0.4, 0.5) is 0 Å². The molecule has 1 heterocycles. The number of rotatable bonds is 4. The largest absolute Gasteiger partial charge is 0.311 e. The molecule has 2 aliphatic rings. The molecule has 2 heteroatoms. The first-order valence-electron chi connectivity index (χ1n) is 7.42. The molecule has 0 aromatic carbocycles. The van der Waals surface area contributed by atoms with Crippen LogP contribution in [0, 0.1) is 11.8 Å². The first-order chi connectivity index (χ1) is 7.92. The van der Waals surface area contributed by atoms with Crippen molar-refractivity contribution in [2.24, 2.45) is 11.8 Å². The van der Waals surface area contributed by atoms with Gasteiger partial charge in [0.15, 0.2) is 0 Å². The predicted octanol–water partition coefficient (Wildman–Crippen LogP) is 2.88. The smallest absolute Gasteiger partial charge is 0.0249 e. The Labute approximate surface area is 107 Å². The highest BCUT2D eigenvalue weighted by molar-refractivity contribution is 5.05. The zero-order chi connectivity index (χ0) is 12.6. The van der Waals surface area contributed by atoms with Crippen molar-refractivity contribution in [2.45, 2.75) is 71.5 Å². The topological polar surface area (TPSA) is 15.3 Å². The molecule has 0 aromatic rings. The summed E-state index contributed by atoms with van der Waals surface area (Å²) in [6, 6.07) is 1.45. The summed E-state index contributed by atoms with van der Waals surface area (Å²) in [5.41, 5.74) is 0.534. The van der Waals surface area contributed by atoms with Crippen LogP contribution in [0.25, 0.3) is 0 Å². The normalized spacial score (nSPS) is 33.4. The summed E-state index contributed by atoms with van der Waals surface area (Å²) < 4.78 is 0. The Morgan fingerprint density at radius 3 is 2.35 bits per heavy atom. The number of nitrogens with zero attached hydrogens (tertiary/aromatic N) is 1. The molecule has 2 fully saturated rings. The molecule has 0 bridgehead atoms. The average Bonchev–Trinajstić information content (AvgIpc) is 2.96. The number of hydrogen-bond donors (Lipinski definition) is 1. The number of nitrogens with one attached hydrogen (secondary N) is 1. The highest BCUT2D eigenvalue weighted by Gasteiger charge is 2.48. The minimum Gasteiger partial charge on any atom is -0.311 e. The van der Waals surface area contributed by atoms with Crippen LogP contribution in [0.5, 0.6) is 0 Å². The lowest BCUT2D eigenvalue weighted by molar-refractivity contribution is 0.0463. The third kappa shape index (κ3) is 3.03. The van der Waals surface area contributed by atoms with Gasteiger partial charge in [-0.3, -0.25) is 4.90 Å². The van der Waals surface area contributed by atoms with Crippen LogP contribution in [0.1, 0.15) is 53.9 Å². The van der Waals surface area contributed by atoms with Gasteiger partial charge < -0.3 is 5.32 Å². The summed E-state index contributed by atoms with van der Waals surface area (Å²) in [6.07, 6.45) is 4.13. The minimum absolute atomic E-state index is 0.534. The molecule has 1 saturated heterocycles. The first-order valence-corrected chi connectivity index (χ1v) is 7.42. The van der Waals surface area contributed by atoms with Gasteiger partial charge in [0.1, 0.15) is 0 Å². The summed E-state index contributed by atoms with van der Waals surface area (Å²) >= 11 is 0. The van der Waals surface area contributed by atoms with Gasteiger partial charge >= 0.3 is 0 Å². The van der Waals surface area contributed by atoms with Gasteiger partial charge in [0.2, 0.25) is 0 Å². The third-order valence-electron chi connectivity index (χ3n) is 4.63. The highest BCUT2D eigenvalue weighted by atomic mass is 15.3. The number of piperazine rings is 1. The Hall–Kier alpha value is -0.0800. The van der Waals surface area contributed by atoms with E-state index in [1.54, 1.807) is 0 Å². The predicted molar refractivity (Wildman–Crippen MR) is 74.2 cm³/mol. The minimum atomic E-state index is 0.534. The van der Waals surface area contributed by atoms with Crippen molar-refractivity contribution in [2.75, 3.05) is 13.1 Å². The maximum atomic E-state index is 3.77. The lowest BCUT2D eigenvalue weighted by Gasteiger charge is -2.46. The molecule has 1 aliphatic carbocycles. The summed E-state index contributed by atoms with van der Waals surface area (Å²) in [6.45, 7) is 14.3. The summed E-state index contributed by atoms with van der Waals surface area (Å²) in [4.78, 5) is 2.82. The molecular formula is C15H30N2. The molecule has 2 nitrogen and oxygen atoms in total. The van der Waals surface area contributed by atoms with E-state index in [0.717, 1.165) is 17.9 Å². The SMILES string of the molecule is CC(C)CC1CN(C2(C)CC2)C(C(C)C)CN1. The Morgan fingerprint density at radius 1 is 1.24 bits per heavy atom. The van der Waals surface area contributed by atoms with E-state index < -0.39 is 0 Å². The van der Waals surface area contributed by atoms with Crippen LogP contribution in [0.15, 0.2) is 0 Å². The second-order valence-electron chi connectivity index (χ2n) is 7.20. The van der Waals surface area contributed by atoms with Crippen molar-refractivity contribution in [3.8, 4) is 0 Å². The van der Waals surface area contributed by atoms with E-state index in [-0.39, 0.29) is 0 Å². The summed E-state index contributed by atoms with van der Waals surface area (Å²) in [7, 11) is 0. The molecule has 1 N–H and O–H groups in total. The van der Waals surface area contributed by atoms with E-state index >= 15 is 0 Å². The third-order valence-corrected chi connectivity index (χ3v) is 4.63. The second kappa shape index (κ2) is 4.89. The van der Waals surface area contributed by atoms with Crippen molar-refractivity contribution >= 4 is 0 Å². The van der Waals surface area contributed by atoms with Crippen LogP contribution in [0.2, 0.25) is 0 Å². The maximum Gasteiger partial charge on any atom is 0.0249 e. The van der Waals surface area contributed by atoms with Crippen LogP contribution < -0.4 is 5.32 Å². The molecule has 2 unspecified atom stereocenters. The molecule has 2 rings (SSSR count). The van der Waals surface area contributed by atoms with Crippen LogP contribution >= 0.6 is 0 Å². The fraction of sp³-hybridized carbons (Fsp3) is 1.00. The van der Waals surface area contributed by atoms with Crippen molar-refractivity contribution in [1.29, 1.82) is 0 Å². The number of hydrogen-bond acceptors (Lipinski definition) is 2. The van der Waals surface area contributed by atoms with Crippen molar-refractivity contribution < 1.29 is 0 Å². The average molecular weight is 238 g/mol. The van der Waals surface area contributed by atoms with Gasteiger partial charge in [-0.05, 0) is 38.0 Å². The van der Waals surface area contributed by atoms with Gasteiger partial charge in [-0.25, -0.2) is 0 Å². The Balaban J connectivity index is 2.00. The standard InChI is InChI=1S/C15H30N2/c1-11(2)8-13-10-17(15(5)6-7-15)14(9-16-13)12(3)4/h11-14,16H,6-10H2,1-5H3. The van der Waals surface area contributed by atoms with E-state index in [0.29, 0.717) is 11.6 Å². The van der Waals surface area contributed by atoms with Crippen LogP contribution in [0.3, 0.4) is 0 Å². The molecule has 0 radical (unpaired) electrons. The van der Waals surface area contributed by atoms with Crippen molar-refractivity contribution in [3.05, 3.63) is 0 Å². The van der Waals surface area contributed by atoms with Crippen LogP contribution in [-0.2, 0) is 0 Å². The van der Waals surface area contributed by atoms with Gasteiger partial charge in [-0.15, -0.1) is 0 Å². The monoisotopic (exact) mass is 238 g/mol. The summed E-state index contributed by atoms with van der Waals surface area (Å²) in [5.74, 6) is 1.57. The van der Waals surface area contributed by atoms with E-state index in [1.165, 1.54) is 32.4 Å². The molecule has 17 heavy (non-hydrogen) atoms. The Bertz CT molecular complexity index is 256. The van der Waals surface area contributed by atoms with Crippen LogP contribution in [-0.4, -0.2) is 35.6 Å². The van der Waals surface area contributed by atoms with E-state index in [9.17, 15) is 0 Å². The fourth-order valence-corrected chi connectivity index (χ4v) is 3.25. The maximum absolute atomic E-state index is 3.77. The molecule has 0 amide bonds. The molecular weight excluding hydrogens is 208 g/mol. The van der Waals surface area contributed by atoms with Gasteiger partial charge in [0.25, 0.3) is 0 Å². The van der Waals surface area contributed by atoms with Crippen molar-refractivity contribution in [1.82, 2.24) is 10.2 Å². The second-order valence-corrected chi connectivity index (χ2v) is 7.20. The van der Waals surface area contributed by atoms with E-state index in [2.05, 4.69) is 44.8 Å². The Morgan fingerprint density at radius 2 is 1.88 bits per heavy atom. The van der Waals surface area contributed by atoms with Crippen molar-refractivity contribution in [3.63, 3.8) is 0 Å². The summed E-state index contributed by atoms with van der Waals surface area (Å²) in [5, 5.41) is 3.77. The van der Waals surface area contributed by atoms with E-state index in [1.807, 2.05) is 0 Å². The van der Waals surface area contributed by atoms with E-state index in [4.69, 9.17) is 0 Å². The first kappa shape index (κ1) is 13.4. The lowest BCUT2D eigenvalue weighted by Crippen LogP contribution is -2.61. The molecule has 2 atom stereocenters. The molecule has 100 valence electrons.